The van der Waals surface area contributed by atoms with Gasteiger partial charge in [0.05, 0.1) is 29.6 Å². The molecule has 1 saturated heterocycles. The highest BCUT2D eigenvalue weighted by Crippen LogP contribution is 2.38. The number of hydrogen-bond donors (Lipinski definition) is 0. The lowest BCUT2D eigenvalue weighted by Gasteiger charge is -2.35. The van der Waals surface area contributed by atoms with Gasteiger partial charge in [0.2, 0.25) is 0 Å². The molecule has 0 unspecified atom stereocenters. The highest BCUT2D eigenvalue weighted by Gasteiger charge is 2.44. The largest absolute Gasteiger partial charge is 0.492 e. The van der Waals surface area contributed by atoms with E-state index in [2.05, 4.69) is 15.9 Å². The van der Waals surface area contributed by atoms with E-state index in [1.54, 1.807) is 36.4 Å². The van der Waals surface area contributed by atoms with Gasteiger partial charge in [0, 0.05) is 0 Å². The summed E-state index contributed by atoms with van der Waals surface area (Å²) in [6, 6.07) is 16.8. The molecular weight excluding hydrogens is 524 g/mol. The van der Waals surface area contributed by atoms with Crippen LogP contribution in [0.1, 0.15) is 23.6 Å². The van der Waals surface area contributed by atoms with Crippen LogP contribution in [0.4, 0.5) is 16.2 Å². The fourth-order valence-electron chi connectivity index (χ4n) is 4.08. The predicted octanol–water partition coefficient (Wildman–Crippen LogP) is 6.06. The number of ether oxygens (including phenoxy) is 2. The summed E-state index contributed by atoms with van der Waals surface area (Å²) in [5.41, 5.74) is 2.66. The molecule has 0 atom stereocenters. The fraction of sp³-hybridized carbons (Fsp3) is 0.179. The van der Waals surface area contributed by atoms with Gasteiger partial charge >= 0.3 is 6.03 Å². The highest BCUT2D eigenvalue weighted by molar-refractivity contribution is 9.10. The number of para-hydroxylation sites is 2. The summed E-state index contributed by atoms with van der Waals surface area (Å²) >= 11 is 3.47. The highest BCUT2D eigenvalue weighted by atomic mass is 79.9. The first kappa shape index (κ1) is 25.2. The molecular formula is C28H25BrN2O5. The lowest BCUT2D eigenvalue weighted by Crippen LogP contribution is -2.57. The second kappa shape index (κ2) is 10.4. The molecule has 184 valence electrons. The van der Waals surface area contributed by atoms with Gasteiger partial charge in [0.1, 0.15) is 5.57 Å². The van der Waals surface area contributed by atoms with E-state index >= 15 is 0 Å². The number of urea groups is 1. The number of rotatable bonds is 6. The molecule has 0 radical (unpaired) electrons. The normalized spacial score (nSPS) is 13.8. The third kappa shape index (κ3) is 4.52. The first-order valence-corrected chi connectivity index (χ1v) is 12.1. The minimum absolute atomic E-state index is 0.152. The van der Waals surface area contributed by atoms with Crippen molar-refractivity contribution in [3.05, 3.63) is 87.4 Å². The molecule has 4 rings (SSSR count). The van der Waals surface area contributed by atoms with Gasteiger partial charge < -0.3 is 9.47 Å². The number of carbonyl (C=O) groups excluding carboxylic acids is 3. The van der Waals surface area contributed by atoms with Crippen LogP contribution in [0.3, 0.4) is 0 Å². The number of carbonyl (C=O) groups is 3. The Bertz CT molecular complexity index is 1330. The predicted molar refractivity (Wildman–Crippen MR) is 143 cm³/mol. The smallest absolute Gasteiger partial charge is 0.343 e. The molecule has 0 bridgehead atoms. The van der Waals surface area contributed by atoms with E-state index in [0.717, 1.165) is 20.9 Å². The third-order valence-corrected chi connectivity index (χ3v) is 6.40. The maximum Gasteiger partial charge on any atom is 0.343 e. The van der Waals surface area contributed by atoms with Gasteiger partial charge in [-0.05, 0) is 83.7 Å². The minimum Gasteiger partial charge on any atom is -0.492 e. The Balaban J connectivity index is 1.92. The van der Waals surface area contributed by atoms with E-state index in [1.165, 1.54) is 13.2 Å². The molecule has 1 heterocycles. The van der Waals surface area contributed by atoms with Crippen LogP contribution in [0.5, 0.6) is 11.5 Å². The molecule has 4 amide bonds. The molecule has 0 aliphatic carbocycles. The molecule has 1 fully saturated rings. The van der Waals surface area contributed by atoms with Crippen LogP contribution in [0.2, 0.25) is 0 Å². The van der Waals surface area contributed by atoms with Crippen LogP contribution >= 0.6 is 15.9 Å². The summed E-state index contributed by atoms with van der Waals surface area (Å²) in [6.07, 6.45) is 1.47. The summed E-state index contributed by atoms with van der Waals surface area (Å²) in [5.74, 6) is -0.443. The number of barbiturate groups is 1. The molecule has 3 aromatic carbocycles. The van der Waals surface area contributed by atoms with Crippen LogP contribution < -0.4 is 19.3 Å². The van der Waals surface area contributed by atoms with Crippen LogP contribution in [0.15, 0.2) is 70.7 Å². The van der Waals surface area contributed by atoms with Gasteiger partial charge in [-0.25, -0.2) is 14.6 Å². The van der Waals surface area contributed by atoms with E-state index in [9.17, 15) is 14.4 Å². The van der Waals surface area contributed by atoms with Crippen molar-refractivity contribution in [1.29, 1.82) is 0 Å². The van der Waals surface area contributed by atoms with Gasteiger partial charge in [-0.2, -0.15) is 0 Å². The van der Waals surface area contributed by atoms with Crippen molar-refractivity contribution in [3.63, 3.8) is 0 Å². The van der Waals surface area contributed by atoms with Crippen molar-refractivity contribution < 1.29 is 23.9 Å². The second-order valence-corrected chi connectivity index (χ2v) is 9.02. The molecule has 1 aliphatic rings. The number of aryl methyl sites for hydroxylation is 2. The standard InChI is InChI=1S/C28H25BrN2O5/c1-5-36-24-16-19(15-21(29)25(24)35-4)14-20-26(32)30(22-12-8-6-10-17(22)2)28(34)31(27(20)33)23-13-9-7-11-18(23)3/h6-16H,5H2,1-4H3. The zero-order chi connectivity index (χ0) is 26.0. The molecule has 8 heteroatoms. The lowest BCUT2D eigenvalue weighted by atomic mass is 10.0. The van der Waals surface area contributed by atoms with E-state index in [0.29, 0.717) is 39.5 Å². The number of anilines is 2. The van der Waals surface area contributed by atoms with Crippen molar-refractivity contribution in [2.45, 2.75) is 20.8 Å². The van der Waals surface area contributed by atoms with E-state index in [1.807, 2.05) is 45.0 Å². The molecule has 1 aliphatic heterocycles. The van der Waals surface area contributed by atoms with Crippen molar-refractivity contribution in [3.8, 4) is 11.5 Å². The van der Waals surface area contributed by atoms with Crippen molar-refractivity contribution in [1.82, 2.24) is 0 Å². The SMILES string of the molecule is CCOc1cc(C=C2C(=O)N(c3ccccc3C)C(=O)N(c3ccccc3C)C2=O)cc(Br)c1OC. The first-order valence-electron chi connectivity index (χ1n) is 11.3. The quantitative estimate of drug-likeness (QED) is 0.276. The minimum atomic E-state index is -0.725. The lowest BCUT2D eigenvalue weighted by molar-refractivity contribution is -0.121. The summed E-state index contributed by atoms with van der Waals surface area (Å²) in [5, 5.41) is 0. The Labute approximate surface area is 218 Å². The van der Waals surface area contributed by atoms with Crippen LogP contribution in [-0.2, 0) is 9.59 Å². The number of hydrogen-bond acceptors (Lipinski definition) is 5. The molecule has 0 aromatic heterocycles. The zero-order valence-corrected chi connectivity index (χ0v) is 22.0. The number of methoxy groups -OCH3 is 1. The molecule has 3 aromatic rings. The average Bonchev–Trinajstić information content (AvgIpc) is 2.84. The van der Waals surface area contributed by atoms with Crippen LogP contribution in [0, 0.1) is 13.8 Å². The average molecular weight is 549 g/mol. The number of nitrogens with zero attached hydrogens (tertiary/aromatic N) is 2. The van der Waals surface area contributed by atoms with E-state index < -0.39 is 17.8 Å². The van der Waals surface area contributed by atoms with Crippen LogP contribution in [0.25, 0.3) is 6.08 Å². The number of amides is 4. The van der Waals surface area contributed by atoms with Gasteiger partial charge in [-0.15, -0.1) is 0 Å². The first-order chi connectivity index (χ1) is 17.3. The zero-order valence-electron chi connectivity index (χ0n) is 20.4. The number of imide groups is 2. The molecule has 0 N–H and O–H groups in total. The Hall–Kier alpha value is -3.91. The van der Waals surface area contributed by atoms with Gasteiger partial charge in [-0.1, -0.05) is 36.4 Å². The monoisotopic (exact) mass is 548 g/mol. The Morgan fingerprint density at radius 1 is 0.861 bits per heavy atom. The molecule has 0 spiro atoms. The Kier molecular flexibility index (Phi) is 7.26. The summed E-state index contributed by atoms with van der Waals surface area (Å²) in [7, 11) is 1.53. The molecule has 7 nitrogen and oxygen atoms in total. The number of halogens is 1. The third-order valence-electron chi connectivity index (χ3n) is 5.81. The topological polar surface area (TPSA) is 76.2 Å². The van der Waals surface area contributed by atoms with Crippen molar-refractivity contribution in [2.75, 3.05) is 23.5 Å². The molecule has 36 heavy (non-hydrogen) atoms. The summed E-state index contributed by atoms with van der Waals surface area (Å²) < 4.78 is 11.7. The van der Waals surface area contributed by atoms with Gasteiger partial charge in [0.15, 0.2) is 11.5 Å². The maximum atomic E-state index is 13.7. The maximum absolute atomic E-state index is 13.7. The van der Waals surface area contributed by atoms with Crippen LogP contribution in [-0.4, -0.2) is 31.6 Å². The van der Waals surface area contributed by atoms with Gasteiger partial charge in [-0.3, -0.25) is 9.59 Å². The Morgan fingerprint density at radius 2 is 1.39 bits per heavy atom. The van der Waals surface area contributed by atoms with Crippen molar-refractivity contribution >= 4 is 51.2 Å². The summed E-state index contributed by atoms with van der Waals surface area (Å²) in [6.45, 7) is 5.86. The summed E-state index contributed by atoms with van der Waals surface area (Å²) in [4.78, 5) is 43.2. The van der Waals surface area contributed by atoms with E-state index in [-0.39, 0.29) is 5.57 Å². The van der Waals surface area contributed by atoms with E-state index in [4.69, 9.17) is 9.47 Å². The molecule has 0 saturated carbocycles. The second-order valence-electron chi connectivity index (χ2n) is 8.16. The fourth-order valence-corrected chi connectivity index (χ4v) is 4.70. The Morgan fingerprint density at radius 3 is 1.86 bits per heavy atom. The van der Waals surface area contributed by atoms with Crippen molar-refractivity contribution in [2.24, 2.45) is 0 Å². The number of benzene rings is 3. The van der Waals surface area contributed by atoms with Gasteiger partial charge in [0.25, 0.3) is 11.8 Å².